The molecule has 1 aromatic carbocycles. The quantitative estimate of drug-likeness (QED) is 0.832. The van der Waals surface area contributed by atoms with Gasteiger partial charge in [-0.2, -0.15) is 0 Å². The molecule has 1 N–H and O–H groups in total. The number of aryl methyl sites for hydroxylation is 1. The predicted octanol–water partition coefficient (Wildman–Crippen LogP) is 2.17. The molecule has 0 aromatic heterocycles. The third-order valence-corrected chi connectivity index (χ3v) is 2.81. The van der Waals surface area contributed by atoms with Crippen molar-refractivity contribution in [1.82, 2.24) is 5.32 Å². The largest absolute Gasteiger partial charge is 0.493 e. The molecule has 20 heavy (non-hydrogen) atoms. The van der Waals surface area contributed by atoms with Gasteiger partial charge in [-0.05, 0) is 38.0 Å². The van der Waals surface area contributed by atoms with Gasteiger partial charge < -0.3 is 19.5 Å². The number of amides is 1. The van der Waals surface area contributed by atoms with E-state index in [0.29, 0.717) is 30.1 Å². The van der Waals surface area contributed by atoms with Crippen LogP contribution in [0.4, 0.5) is 0 Å². The van der Waals surface area contributed by atoms with Gasteiger partial charge in [-0.25, -0.2) is 0 Å². The Hall–Kier alpha value is -1.91. The van der Waals surface area contributed by atoms with Gasteiger partial charge in [0.15, 0.2) is 11.5 Å². The number of carbonyl (C=O) groups excluding carboxylic acids is 1. The summed E-state index contributed by atoms with van der Waals surface area (Å²) in [5, 5.41) is 2.87. The van der Waals surface area contributed by atoms with Gasteiger partial charge in [0, 0.05) is 12.5 Å². The highest BCUT2D eigenvalue weighted by Crippen LogP contribution is 2.38. The molecule has 0 radical (unpaired) electrons. The molecule has 1 rings (SSSR count). The van der Waals surface area contributed by atoms with Crippen LogP contribution >= 0.6 is 0 Å². The highest BCUT2D eigenvalue weighted by atomic mass is 16.5. The fourth-order valence-electron chi connectivity index (χ4n) is 1.93. The Morgan fingerprint density at radius 3 is 2.05 bits per heavy atom. The molecule has 0 aliphatic heterocycles. The smallest absolute Gasteiger partial charge is 0.220 e. The van der Waals surface area contributed by atoms with Crippen LogP contribution in [0.5, 0.6) is 17.2 Å². The highest BCUT2D eigenvalue weighted by molar-refractivity contribution is 5.76. The minimum absolute atomic E-state index is 0.0359. The van der Waals surface area contributed by atoms with E-state index in [0.717, 1.165) is 5.56 Å². The number of hydrogen-bond acceptors (Lipinski definition) is 4. The lowest BCUT2D eigenvalue weighted by Gasteiger charge is -2.14. The Balaban J connectivity index is 2.83. The van der Waals surface area contributed by atoms with Crippen LogP contribution in [0.1, 0.15) is 25.8 Å². The molecule has 0 heterocycles. The third kappa shape index (κ3) is 4.33. The maximum absolute atomic E-state index is 11.7. The molecule has 0 unspecified atom stereocenters. The molecule has 0 aliphatic carbocycles. The van der Waals surface area contributed by atoms with Crippen molar-refractivity contribution in [3.05, 3.63) is 17.7 Å². The van der Waals surface area contributed by atoms with Crippen LogP contribution in [0.3, 0.4) is 0 Å². The summed E-state index contributed by atoms with van der Waals surface area (Å²) in [4.78, 5) is 11.7. The van der Waals surface area contributed by atoms with Gasteiger partial charge in [0.2, 0.25) is 11.7 Å². The molecule has 5 nitrogen and oxygen atoms in total. The second kappa shape index (κ2) is 7.62. The van der Waals surface area contributed by atoms with Crippen molar-refractivity contribution in [1.29, 1.82) is 0 Å². The summed E-state index contributed by atoms with van der Waals surface area (Å²) in [6, 6.07) is 3.89. The van der Waals surface area contributed by atoms with Crippen LogP contribution in [0.2, 0.25) is 0 Å². The summed E-state index contributed by atoms with van der Waals surface area (Å²) in [6.07, 6.45) is 1.05. The van der Waals surface area contributed by atoms with Gasteiger partial charge in [0.05, 0.1) is 21.3 Å². The SMILES string of the molecule is COc1cc(CCC(=O)NC(C)C)cc(OC)c1OC. The molecule has 0 spiro atoms. The maximum Gasteiger partial charge on any atom is 0.220 e. The van der Waals surface area contributed by atoms with Crippen LogP contribution in [-0.2, 0) is 11.2 Å². The molecular formula is C15H23NO4. The Morgan fingerprint density at radius 2 is 1.65 bits per heavy atom. The molecule has 112 valence electrons. The number of ether oxygens (including phenoxy) is 3. The first-order valence-corrected chi connectivity index (χ1v) is 6.60. The molecule has 5 heteroatoms. The van der Waals surface area contributed by atoms with E-state index in [1.807, 2.05) is 26.0 Å². The van der Waals surface area contributed by atoms with Gasteiger partial charge in [-0.15, -0.1) is 0 Å². The highest BCUT2D eigenvalue weighted by Gasteiger charge is 2.13. The maximum atomic E-state index is 11.7. The van der Waals surface area contributed by atoms with Crippen molar-refractivity contribution in [3.8, 4) is 17.2 Å². The summed E-state index contributed by atoms with van der Waals surface area (Å²) in [5.41, 5.74) is 0.971. The van der Waals surface area contributed by atoms with Gasteiger partial charge >= 0.3 is 0 Å². The molecule has 0 aliphatic rings. The fourth-order valence-corrected chi connectivity index (χ4v) is 1.93. The van der Waals surface area contributed by atoms with Crippen LogP contribution in [-0.4, -0.2) is 33.3 Å². The van der Waals surface area contributed by atoms with Gasteiger partial charge in [-0.3, -0.25) is 4.79 Å². The summed E-state index contributed by atoms with van der Waals surface area (Å²) in [7, 11) is 4.72. The number of methoxy groups -OCH3 is 3. The first kappa shape index (κ1) is 16.1. The van der Waals surface area contributed by atoms with Crippen LogP contribution in [0, 0.1) is 0 Å². The lowest BCUT2D eigenvalue weighted by molar-refractivity contribution is -0.121. The van der Waals surface area contributed by atoms with E-state index in [-0.39, 0.29) is 11.9 Å². The zero-order chi connectivity index (χ0) is 15.1. The topological polar surface area (TPSA) is 56.8 Å². The van der Waals surface area contributed by atoms with E-state index in [2.05, 4.69) is 5.32 Å². The average molecular weight is 281 g/mol. The molecular weight excluding hydrogens is 258 g/mol. The zero-order valence-corrected chi connectivity index (χ0v) is 12.8. The molecule has 1 amide bonds. The Kier molecular flexibility index (Phi) is 6.15. The summed E-state index contributed by atoms with van der Waals surface area (Å²) < 4.78 is 15.8. The number of benzene rings is 1. The number of hydrogen-bond donors (Lipinski definition) is 1. The average Bonchev–Trinajstić information content (AvgIpc) is 2.42. The van der Waals surface area contributed by atoms with Crippen molar-refractivity contribution >= 4 is 5.91 Å². The van der Waals surface area contributed by atoms with E-state index in [1.165, 1.54) is 0 Å². The van der Waals surface area contributed by atoms with E-state index in [1.54, 1.807) is 21.3 Å². The monoisotopic (exact) mass is 281 g/mol. The van der Waals surface area contributed by atoms with Gasteiger partial charge in [-0.1, -0.05) is 0 Å². The van der Waals surface area contributed by atoms with Crippen molar-refractivity contribution in [3.63, 3.8) is 0 Å². The molecule has 0 atom stereocenters. The summed E-state index contributed by atoms with van der Waals surface area (Å²) in [5.74, 6) is 1.80. The van der Waals surface area contributed by atoms with Crippen LogP contribution in [0.25, 0.3) is 0 Å². The first-order chi connectivity index (χ1) is 9.51. The first-order valence-electron chi connectivity index (χ1n) is 6.60. The Morgan fingerprint density at radius 1 is 1.10 bits per heavy atom. The third-order valence-electron chi connectivity index (χ3n) is 2.81. The molecule has 0 saturated heterocycles. The zero-order valence-electron chi connectivity index (χ0n) is 12.8. The summed E-state index contributed by atoms with van der Waals surface area (Å²) in [6.45, 7) is 3.88. The lowest BCUT2D eigenvalue weighted by atomic mass is 10.1. The molecule has 0 saturated carbocycles. The minimum atomic E-state index is 0.0359. The van der Waals surface area contributed by atoms with Crippen LogP contribution < -0.4 is 19.5 Å². The molecule has 0 bridgehead atoms. The van der Waals surface area contributed by atoms with Crippen molar-refractivity contribution in [2.75, 3.05) is 21.3 Å². The van der Waals surface area contributed by atoms with E-state index < -0.39 is 0 Å². The number of carbonyl (C=O) groups is 1. The standard InChI is InChI=1S/C15H23NO4/c1-10(2)16-14(17)7-6-11-8-12(18-3)15(20-5)13(9-11)19-4/h8-10H,6-7H2,1-5H3,(H,16,17). The number of nitrogens with one attached hydrogen (secondary N) is 1. The molecule has 0 fully saturated rings. The normalized spacial score (nSPS) is 10.3. The second-order valence-corrected chi connectivity index (χ2v) is 4.76. The van der Waals surface area contributed by atoms with Gasteiger partial charge in [0.25, 0.3) is 0 Å². The fraction of sp³-hybridized carbons (Fsp3) is 0.533. The van der Waals surface area contributed by atoms with E-state index in [9.17, 15) is 4.79 Å². The molecule has 1 aromatic rings. The van der Waals surface area contributed by atoms with E-state index >= 15 is 0 Å². The van der Waals surface area contributed by atoms with Gasteiger partial charge in [0.1, 0.15) is 0 Å². The Bertz CT molecular complexity index is 432. The van der Waals surface area contributed by atoms with Crippen molar-refractivity contribution in [2.45, 2.75) is 32.7 Å². The summed E-state index contributed by atoms with van der Waals surface area (Å²) >= 11 is 0. The predicted molar refractivity (Wildman–Crippen MR) is 77.7 cm³/mol. The van der Waals surface area contributed by atoms with Crippen LogP contribution in [0.15, 0.2) is 12.1 Å². The minimum Gasteiger partial charge on any atom is -0.493 e. The van der Waals surface area contributed by atoms with E-state index in [4.69, 9.17) is 14.2 Å². The van der Waals surface area contributed by atoms with Crippen molar-refractivity contribution in [2.24, 2.45) is 0 Å². The lowest BCUT2D eigenvalue weighted by Crippen LogP contribution is -2.30. The second-order valence-electron chi connectivity index (χ2n) is 4.76. The van der Waals surface area contributed by atoms with Crippen molar-refractivity contribution < 1.29 is 19.0 Å². The Labute approximate surface area is 120 Å². The number of rotatable bonds is 7.